The van der Waals surface area contributed by atoms with Crippen molar-refractivity contribution in [2.45, 2.75) is 38.3 Å². The van der Waals surface area contributed by atoms with Crippen LogP contribution in [0.15, 0.2) is 11.4 Å². The highest BCUT2D eigenvalue weighted by molar-refractivity contribution is 7.10. The minimum absolute atomic E-state index is 0.105. The van der Waals surface area contributed by atoms with Gasteiger partial charge in [0.05, 0.1) is 5.66 Å². The van der Waals surface area contributed by atoms with Crippen LogP contribution in [-0.2, 0) is 12.1 Å². The lowest BCUT2D eigenvalue weighted by Gasteiger charge is -2.46. The molecule has 16 heavy (non-hydrogen) atoms. The highest BCUT2D eigenvalue weighted by Gasteiger charge is 2.38. The summed E-state index contributed by atoms with van der Waals surface area (Å²) in [7, 11) is 0. The van der Waals surface area contributed by atoms with Crippen molar-refractivity contribution >= 4 is 11.3 Å². The van der Waals surface area contributed by atoms with Gasteiger partial charge in [0.25, 0.3) is 0 Å². The summed E-state index contributed by atoms with van der Waals surface area (Å²) in [6.07, 6.45) is 5.33. The van der Waals surface area contributed by atoms with Crippen molar-refractivity contribution in [3.8, 4) is 0 Å². The molecule has 2 aliphatic rings. The largest absolute Gasteiger partial charge is 0.295 e. The fraction of sp³-hybridized carbons (Fsp3) is 0.692. The van der Waals surface area contributed by atoms with E-state index in [1.54, 1.807) is 4.88 Å². The summed E-state index contributed by atoms with van der Waals surface area (Å²) in [5.74, 6) is 0. The topological polar surface area (TPSA) is 15.3 Å². The Morgan fingerprint density at radius 3 is 2.94 bits per heavy atom. The second-order valence-corrected chi connectivity index (χ2v) is 6.05. The van der Waals surface area contributed by atoms with Crippen molar-refractivity contribution in [3.05, 3.63) is 21.9 Å². The lowest BCUT2D eigenvalue weighted by Crippen LogP contribution is -2.58. The molecule has 2 aliphatic heterocycles. The number of nitrogens with zero attached hydrogens (tertiary/aromatic N) is 1. The van der Waals surface area contributed by atoms with Crippen molar-refractivity contribution in [1.82, 2.24) is 10.2 Å². The lowest BCUT2D eigenvalue weighted by molar-refractivity contribution is 0.0440. The van der Waals surface area contributed by atoms with Gasteiger partial charge in [0.1, 0.15) is 0 Å². The van der Waals surface area contributed by atoms with Crippen LogP contribution in [0, 0.1) is 0 Å². The first-order valence-corrected chi connectivity index (χ1v) is 7.25. The Labute approximate surface area is 102 Å². The Balaban J connectivity index is 1.93. The third-order valence-electron chi connectivity index (χ3n) is 4.08. The molecule has 0 saturated carbocycles. The van der Waals surface area contributed by atoms with Gasteiger partial charge in [-0.2, -0.15) is 0 Å². The second kappa shape index (κ2) is 4.13. The van der Waals surface area contributed by atoms with Crippen LogP contribution in [0.25, 0.3) is 0 Å². The van der Waals surface area contributed by atoms with Gasteiger partial charge in [0, 0.05) is 30.1 Å². The number of fused-ring (bicyclic) bond motifs is 1. The van der Waals surface area contributed by atoms with E-state index in [2.05, 4.69) is 28.6 Å². The Morgan fingerprint density at radius 2 is 2.12 bits per heavy atom. The molecule has 1 saturated heterocycles. The second-order valence-electron chi connectivity index (χ2n) is 5.05. The summed E-state index contributed by atoms with van der Waals surface area (Å²) in [5.41, 5.74) is 1.64. The fourth-order valence-corrected chi connectivity index (χ4v) is 4.09. The first kappa shape index (κ1) is 10.8. The van der Waals surface area contributed by atoms with Crippen LogP contribution in [0.2, 0.25) is 0 Å². The Bertz CT molecular complexity index is 368. The van der Waals surface area contributed by atoms with Gasteiger partial charge < -0.3 is 0 Å². The van der Waals surface area contributed by atoms with Gasteiger partial charge in [0.15, 0.2) is 0 Å². The van der Waals surface area contributed by atoms with Crippen LogP contribution in [0.1, 0.15) is 36.6 Å². The quantitative estimate of drug-likeness (QED) is 0.806. The predicted molar refractivity (Wildman–Crippen MR) is 68.8 cm³/mol. The summed E-state index contributed by atoms with van der Waals surface area (Å²) < 4.78 is 0. The maximum absolute atomic E-state index is 3.74. The van der Waals surface area contributed by atoms with E-state index < -0.39 is 0 Å². The molecule has 1 aromatic heterocycles. The molecular weight excluding hydrogens is 216 g/mol. The number of rotatable bonds is 1. The van der Waals surface area contributed by atoms with E-state index in [1.165, 1.54) is 44.3 Å². The highest BCUT2D eigenvalue weighted by atomic mass is 32.1. The summed E-state index contributed by atoms with van der Waals surface area (Å²) in [4.78, 5) is 4.23. The first-order chi connectivity index (χ1) is 7.81. The zero-order valence-corrected chi connectivity index (χ0v) is 10.8. The van der Waals surface area contributed by atoms with Gasteiger partial charge in [0.2, 0.25) is 0 Å². The Kier molecular flexibility index (Phi) is 2.78. The van der Waals surface area contributed by atoms with Crippen LogP contribution in [-0.4, -0.2) is 24.5 Å². The van der Waals surface area contributed by atoms with Gasteiger partial charge in [-0.3, -0.25) is 10.2 Å². The number of nitrogens with one attached hydrogen (secondary N) is 1. The van der Waals surface area contributed by atoms with Crippen LogP contribution < -0.4 is 5.32 Å². The number of hydrogen-bond acceptors (Lipinski definition) is 3. The average molecular weight is 236 g/mol. The number of likely N-dealkylation sites (tertiary alicyclic amines) is 1. The molecule has 0 aliphatic carbocycles. The van der Waals surface area contributed by atoms with E-state index in [0.29, 0.717) is 0 Å². The Morgan fingerprint density at radius 1 is 1.31 bits per heavy atom. The molecule has 1 atom stereocenters. The average Bonchev–Trinajstić information content (AvgIpc) is 2.80. The molecule has 1 N–H and O–H groups in total. The smallest absolute Gasteiger partial charge is 0.0957 e. The number of hydrogen-bond donors (Lipinski definition) is 1. The van der Waals surface area contributed by atoms with Crippen LogP contribution in [0.5, 0.6) is 0 Å². The zero-order valence-electron chi connectivity index (χ0n) is 9.96. The molecule has 1 unspecified atom stereocenters. The van der Waals surface area contributed by atoms with Crippen molar-refractivity contribution in [1.29, 1.82) is 0 Å². The van der Waals surface area contributed by atoms with E-state index >= 15 is 0 Å². The minimum atomic E-state index is 0.105. The highest BCUT2D eigenvalue weighted by Crippen LogP contribution is 2.36. The van der Waals surface area contributed by atoms with E-state index in [-0.39, 0.29) is 5.66 Å². The van der Waals surface area contributed by atoms with Crippen LogP contribution >= 0.6 is 11.3 Å². The molecule has 0 amide bonds. The van der Waals surface area contributed by atoms with Crippen molar-refractivity contribution in [3.63, 3.8) is 0 Å². The maximum Gasteiger partial charge on any atom is 0.0957 e. The summed E-state index contributed by atoms with van der Waals surface area (Å²) in [6, 6.07) is 2.32. The van der Waals surface area contributed by atoms with Gasteiger partial charge in [-0.15, -0.1) is 11.3 Å². The predicted octanol–water partition coefficient (Wildman–Crippen LogP) is 2.55. The lowest BCUT2D eigenvalue weighted by atomic mass is 9.93. The monoisotopic (exact) mass is 236 g/mol. The number of thiophene rings is 1. The van der Waals surface area contributed by atoms with Crippen molar-refractivity contribution in [2.24, 2.45) is 0 Å². The normalized spacial score (nSPS) is 31.3. The molecule has 3 heteroatoms. The van der Waals surface area contributed by atoms with Gasteiger partial charge >= 0.3 is 0 Å². The zero-order chi connectivity index (χ0) is 11.0. The molecule has 0 spiro atoms. The minimum Gasteiger partial charge on any atom is -0.295 e. The van der Waals surface area contributed by atoms with Crippen LogP contribution in [0.4, 0.5) is 0 Å². The molecule has 0 aromatic carbocycles. The van der Waals surface area contributed by atoms with Gasteiger partial charge in [-0.25, -0.2) is 0 Å². The molecule has 3 heterocycles. The molecule has 1 aromatic rings. The van der Waals surface area contributed by atoms with E-state index in [4.69, 9.17) is 0 Å². The molecule has 1 fully saturated rings. The van der Waals surface area contributed by atoms with Crippen molar-refractivity contribution in [2.75, 3.05) is 19.6 Å². The first-order valence-electron chi connectivity index (χ1n) is 6.38. The molecule has 0 bridgehead atoms. The summed E-state index contributed by atoms with van der Waals surface area (Å²) in [6.45, 7) is 5.99. The van der Waals surface area contributed by atoms with Crippen molar-refractivity contribution < 1.29 is 0 Å². The third-order valence-corrected chi connectivity index (χ3v) is 5.06. The van der Waals surface area contributed by atoms with Crippen LogP contribution in [0.3, 0.4) is 0 Å². The fourth-order valence-electron chi connectivity index (χ4n) is 3.11. The summed E-state index contributed by atoms with van der Waals surface area (Å²) >= 11 is 1.92. The van der Waals surface area contributed by atoms with E-state index in [1.807, 2.05) is 11.3 Å². The Hall–Kier alpha value is -0.380. The molecule has 88 valence electrons. The SMILES string of the molecule is CC1(N2CCCCC2)NCCc2sccc21. The molecule has 3 rings (SSSR count). The number of piperidine rings is 1. The third kappa shape index (κ3) is 1.62. The summed E-state index contributed by atoms with van der Waals surface area (Å²) in [5, 5.41) is 5.99. The maximum atomic E-state index is 3.74. The van der Waals surface area contributed by atoms with Gasteiger partial charge in [-0.05, 0) is 37.6 Å². The van der Waals surface area contributed by atoms with E-state index in [9.17, 15) is 0 Å². The van der Waals surface area contributed by atoms with Gasteiger partial charge in [-0.1, -0.05) is 6.42 Å². The molecular formula is C13H20N2S. The standard InChI is InChI=1S/C13H20N2S/c1-13(15-8-3-2-4-9-15)11-6-10-16-12(11)5-7-14-13/h6,10,14H,2-5,7-9H2,1H3. The molecule has 0 radical (unpaired) electrons. The molecule has 2 nitrogen and oxygen atoms in total. The van der Waals surface area contributed by atoms with E-state index in [0.717, 1.165) is 6.54 Å².